The molecule has 2 aliphatic rings. The van der Waals surface area contributed by atoms with E-state index < -0.39 is 11.7 Å². The van der Waals surface area contributed by atoms with Crippen LogP contribution in [-0.4, -0.2) is 68.9 Å². The number of aromatic nitrogens is 4. The lowest BCUT2D eigenvalue weighted by Crippen LogP contribution is -2.48. The molecule has 212 valence electrons. The smallest absolute Gasteiger partial charge is 0.407 e. The number of carbonyl (C=O) groups is 2. The van der Waals surface area contributed by atoms with E-state index in [0.29, 0.717) is 30.5 Å². The van der Waals surface area contributed by atoms with Gasteiger partial charge in [0.05, 0.1) is 0 Å². The van der Waals surface area contributed by atoms with Crippen molar-refractivity contribution in [3.63, 3.8) is 0 Å². The Morgan fingerprint density at radius 2 is 1.90 bits per heavy atom. The maximum Gasteiger partial charge on any atom is 0.407 e. The first-order valence-corrected chi connectivity index (χ1v) is 14.1. The summed E-state index contributed by atoms with van der Waals surface area (Å²) in [6, 6.07) is 15.8. The number of ether oxygens (including phenoxy) is 1. The van der Waals surface area contributed by atoms with Crippen LogP contribution in [0.3, 0.4) is 0 Å². The minimum absolute atomic E-state index is 0.0355. The number of carbonyl (C=O) groups excluding carboxylic acids is 2. The summed E-state index contributed by atoms with van der Waals surface area (Å²) in [5, 5.41) is 17.7. The quantitative estimate of drug-likeness (QED) is 0.393. The predicted octanol–water partition coefficient (Wildman–Crippen LogP) is 5.46. The molecule has 5 rings (SSSR count). The van der Waals surface area contributed by atoms with Crippen molar-refractivity contribution in [3.05, 3.63) is 59.1 Å². The zero-order valence-corrected chi connectivity index (χ0v) is 23.9. The Morgan fingerprint density at radius 1 is 1.15 bits per heavy atom. The van der Waals surface area contributed by atoms with Gasteiger partial charge in [-0.3, -0.25) is 4.90 Å². The van der Waals surface area contributed by atoms with E-state index in [1.54, 1.807) is 0 Å². The van der Waals surface area contributed by atoms with Gasteiger partial charge in [-0.25, -0.2) is 14.7 Å². The first kappa shape index (κ1) is 27.9. The van der Waals surface area contributed by atoms with E-state index in [1.165, 1.54) is 0 Å². The second-order valence-electron chi connectivity index (χ2n) is 11.8. The molecule has 0 bridgehead atoms. The molecule has 0 radical (unpaired) electrons. The van der Waals surface area contributed by atoms with E-state index in [1.807, 2.05) is 73.0 Å². The Bertz CT molecular complexity index is 1320. The fourth-order valence-corrected chi connectivity index (χ4v) is 6.02. The van der Waals surface area contributed by atoms with E-state index in [0.717, 1.165) is 48.9 Å². The number of halogens is 1. The SMILES string of the molecule is CC(C)(C)OC(=O)NC[C@]1(Cc2cccc(Cl)c2)CC[C@@H](N2CCN(c3ccc(-c4nnn[nH]4)cc3)C2=O)CC1. The van der Waals surface area contributed by atoms with Crippen LogP contribution >= 0.6 is 11.6 Å². The number of urea groups is 1. The summed E-state index contributed by atoms with van der Waals surface area (Å²) < 4.78 is 5.50. The maximum absolute atomic E-state index is 13.5. The average Bonchev–Trinajstić information content (AvgIpc) is 3.58. The molecule has 11 heteroatoms. The number of anilines is 1. The molecular formula is C29H36ClN7O3. The molecule has 2 N–H and O–H groups in total. The third-order valence-electron chi connectivity index (χ3n) is 7.77. The number of hydrogen-bond donors (Lipinski definition) is 2. The number of tetrazole rings is 1. The summed E-state index contributed by atoms with van der Waals surface area (Å²) in [4.78, 5) is 29.8. The molecule has 10 nitrogen and oxygen atoms in total. The van der Waals surface area contributed by atoms with Gasteiger partial charge in [-0.15, -0.1) is 5.10 Å². The lowest BCUT2D eigenvalue weighted by molar-refractivity contribution is 0.0464. The van der Waals surface area contributed by atoms with Crippen LogP contribution in [0.4, 0.5) is 15.3 Å². The van der Waals surface area contributed by atoms with Crippen LogP contribution in [0.2, 0.25) is 5.02 Å². The molecule has 1 saturated carbocycles. The summed E-state index contributed by atoms with van der Waals surface area (Å²) in [5.41, 5.74) is 2.16. The van der Waals surface area contributed by atoms with Crippen LogP contribution in [0.5, 0.6) is 0 Å². The Balaban J connectivity index is 1.24. The number of benzene rings is 2. The van der Waals surface area contributed by atoms with E-state index in [4.69, 9.17) is 16.3 Å². The number of amides is 3. The largest absolute Gasteiger partial charge is 0.444 e. The molecule has 40 heavy (non-hydrogen) atoms. The Hall–Kier alpha value is -3.66. The lowest BCUT2D eigenvalue weighted by Gasteiger charge is -2.43. The normalized spacial score (nSPS) is 21.5. The fourth-order valence-electron chi connectivity index (χ4n) is 5.81. The van der Waals surface area contributed by atoms with Gasteiger partial charge in [-0.1, -0.05) is 23.7 Å². The van der Waals surface area contributed by atoms with Crippen molar-refractivity contribution >= 4 is 29.4 Å². The minimum atomic E-state index is -0.558. The highest BCUT2D eigenvalue weighted by Crippen LogP contribution is 2.41. The third kappa shape index (κ3) is 6.55. The van der Waals surface area contributed by atoms with Gasteiger partial charge < -0.3 is 15.0 Å². The summed E-state index contributed by atoms with van der Waals surface area (Å²) in [5.74, 6) is 0.588. The molecule has 0 unspecified atom stereocenters. The van der Waals surface area contributed by atoms with E-state index in [9.17, 15) is 9.59 Å². The van der Waals surface area contributed by atoms with Crippen molar-refractivity contribution in [1.82, 2.24) is 30.8 Å². The zero-order valence-electron chi connectivity index (χ0n) is 23.2. The molecule has 1 aromatic heterocycles. The molecule has 2 aromatic carbocycles. The minimum Gasteiger partial charge on any atom is -0.444 e. The maximum atomic E-state index is 13.5. The molecule has 3 amide bonds. The van der Waals surface area contributed by atoms with Crippen molar-refractivity contribution in [2.75, 3.05) is 24.5 Å². The van der Waals surface area contributed by atoms with Crippen LogP contribution in [-0.2, 0) is 11.2 Å². The Labute approximate surface area is 239 Å². The van der Waals surface area contributed by atoms with Crippen molar-refractivity contribution in [2.45, 2.75) is 64.5 Å². The molecule has 0 atom stereocenters. The van der Waals surface area contributed by atoms with E-state index >= 15 is 0 Å². The molecule has 1 aliphatic carbocycles. The second kappa shape index (κ2) is 11.4. The number of aromatic amines is 1. The first-order chi connectivity index (χ1) is 19.1. The monoisotopic (exact) mass is 565 g/mol. The third-order valence-corrected chi connectivity index (χ3v) is 8.01. The molecule has 1 saturated heterocycles. The summed E-state index contributed by atoms with van der Waals surface area (Å²) >= 11 is 6.28. The van der Waals surface area contributed by atoms with Crippen LogP contribution in [0.25, 0.3) is 11.4 Å². The lowest BCUT2D eigenvalue weighted by atomic mass is 9.68. The highest BCUT2D eigenvalue weighted by molar-refractivity contribution is 6.30. The molecule has 2 fully saturated rings. The molecular weight excluding hydrogens is 530 g/mol. The summed E-state index contributed by atoms with van der Waals surface area (Å²) in [6.07, 6.45) is 3.88. The van der Waals surface area contributed by atoms with E-state index in [-0.39, 0.29) is 17.5 Å². The molecule has 1 aliphatic heterocycles. The first-order valence-electron chi connectivity index (χ1n) is 13.7. The number of nitrogens with zero attached hydrogens (tertiary/aromatic N) is 5. The van der Waals surface area contributed by atoms with Crippen molar-refractivity contribution < 1.29 is 14.3 Å². The van der Waals surface area contributed by atoms with Gasteiger partial charge in [-0.05, 0) is 111 Å². The van der Waals surface area contributed by atoms with Crippen molar-refractivity contribution in [1.29, 1.82) is 0 Å². The van der Waals surface area contributed by atoms with Crippen LogP contribution in [0.1, 0.15) is 52.0 Å². The van der Waals surface area contributed by atoms with Gasteiger partial charge in [0, 0.05) is 41.9 Å². The molecule has 3 aromatic rings. The second-order valence-corrected chi connectivity index (χ2v) is 12.3. The number of H-pyrrole nitrogens is 1. The number of nitrogens with one attached hydrogen (secondary N) is 2. The van der Waals surface area contributed by atoms with Gasteiger partial charge in [0.15, 0.2) is 5.82 Å². The van der Waals surface area contributed by atoms with Gasteiger partial charge in [-0.2, -0.15) is 0 Å². The predicted molar refractivity (Wildman–Crippen MR) is 153 cm³/mol. The molecule has 2 heterocycles. The van der Waals surface area contributed by atoms with Crippen molar-refractivity contribution in [2.24, 2.45) is 5.41 Å². The topological polar surface area (TPSA) is 116 Å². The number of rotatable bonds is 7. The van der Waals surface area contributed by atoms with Crippen molar-refractivity contribution in [3.8, 4) is 11.4 Å². The number of alkyl carbamates (subject to hydrolysis) is 1. The Kier molecular flexibility index (Phi) is 7.98. The number of hydrogen-bond acceptors (Lipinski definition) is 6. The van der Waals surface area contributed by atoms with Gasteiger partial charge in [0.25, 0.3) is 0 Å². The zero-order chi connectivity index (χ0) is 28.3. The van der Waals surface area contributed by atoms with Crippen LogP contribution < -0.4 is 10.2 Å². The van der Waals surface area contributed by atoms with Crippen LogP contribution in [0, 0.1) is 5.41 Å². The highest BCUT2D eigenvalue weighted by Gasteiger charge is 2.41. The van der Waals surface area contributed by atoms with Gasteiger partial charge >= 0.3 is 12.1 Å². The summed E-state index contributed by atoms with van der Waals surface area (Å²) in [7, 11) is 0. The fraction of sp³-hybridized carbons (Fsp3) is 0.483. The van der Waals surface area contributed by atoms with E-state index in [2.05, 4.69) is 32.0 Å². The Morgan fingerprint density at radius 3 is 2.55 bits per heavy atom. The summed E-state index contributed by atoms with van der Waals surface area (Å²) in [6.45, 7) is 7.42. The van der Waals surface area contributed by atoms with Gasteiger partial charge in [0.2, 0.25) is 0 Å². The van der Waals surface area contributed by atoms with Gasteiger partial charge in [0.1, 0.15) is 5.60 Å². The highest BCUT2D eigenvalue weighted by atomic mass is 35.5. The standard InChI is InChI=1S/C29H36ClN7O3/c1-28(2,3)40-26(38)31-19-29(18-20-5-4-6-22(30)17-20)13-11-24(12-14-29)37-16-15-36(27(37)39)23-9-7-21(8-10-23)25-32-34-35-33-25/h4-10,17,24H,11-16,18-19H2,1-3H3,(H,31,38)(H,32,33,34,35)/t24-,29-. The average molecular weight is 566 g/mol. The van der Waals surface area contributed by atoms with Crippen LogP contribution in [0.15, 0.2) is 48.5 Å². The molecule has 0 spiro atoms.